The standard InChI is InChI=1S/C11H19BrO2/c1-2-10(12)6-5-9-14-11-7-3-4-8-13-11/h2,10-11H,1,3-9H2. The summed E-state index contributed by atoms with van der Waals surface area (Å²) < 4.78 is 11.1. The highest BCUT2D eigenvalue weighted by Crippen LogP contribution is 2.15. The molecule has 3 heteroatoms. The largest absolute Gasteiger partial charge is 0.353 e. The molecule has 1 heterocycles. The molecule has 0 radical (unpaired) electrons. The maximum Gasteiger partial charge on any atom is 0.157 e. The van der Waals surface area contributed by atoms with Crippen LogP contribution in [0.25, 0.3) is 0 Å². The third-order valence-corrected chi connectivity index (χ3v) is 3.15. The summed E-state index contributed by atoms with van der Waals surface area (Å²) in [6.45, 7) is 5.37. The van der Waals surface area contributed by atoms with Gasteiger partial charge in [-0.25, -0.2) is 0 Å². The van der Waals surface area contributed by atoms with Gasteiger partial charge in [0.25, 0.3) is 0 Å². The molecule has 82 valence electrons. The molecule has 1 aliphatic heterocycles. The fourth-order valence-electron chi connectivity index (χ4n) is 1.45. The van der Waals surface area contributed by atoms with Crippen LogP contribution in [0, 0.1) is 0 Å². The number of hydrogen-bond donors (Lipinski definition) is 0. The monoisotopic (exact) mass is 262 g/mol. The Hall–Kier alpha value is 0.140. The molecule has 2 unspecified atom stereocenters. The average molecular weight is 263 g/mol. The molecule has 0 saturated carbocycles. The molecule has 0 spiro atoms. The van der Waals surface area contributed by atoms with Gasteiger partial charge in [-0.1, -0.05) is 22.0 Å². The van der Waals surface area contributed by atoms with E-state index >= 15 is 0 Å². The SMILES string of the molecule is C=CC(Br)CCCOC1CCCCO1. The van der Waals surface area contributed by atoms with Crippen molar-refractivity contribution in [1.82, 2.24) is 0 Å². The zero-order valence-electron chi connectivity index (χ0n) is 8.58. The highest BCUT2D eigenvalue weighted by atomic mass is 79.9. The Morgan fingerprint density at radius 1 is 1.57 bits per heavy atom. The summed E-state index contributed by atoms with van der Waals surface area (Å²) in [7, 11) is 0. The van der Waals surface area contributed by atoms with Crippen molar-refractivity contribution in [3.05, 3.63) is 12.7 Å². The zero-order valence-corrected chi connectivity index (χ0v) is 10.2. The Morgan fingerprint density at radius 3 is 3.07 bits per heavy atom. The molecule has 2 atom stereocenters. The van der Waals surface area contributed by atoms with Gasteiger partial charge in [-0.2, -0.15) is 0 Å². The maximum absolute atomic E-state index is 5.60. The van der Waals surface area contributed by atoms with Gasteiger partial charge in [0.2, 0.25) is 0 Å². The van der Waals surface area contributed by atoms with Crippen molar-refractivity contribution in [2.45, 2.75) is 43.2 Å². The number of allylic oxidation sites excluding steroid dienone is 1. The lowest BCUT2D eigenvalue weighted by Crippen LogP contribution is -2.22. The number of ether oxygens (including phenoxy) is 2. The molecule has 1 aliphatic rings. The van der Waals surface area contributed by atoms with Gasteiger partial charge < -0.3 is 9.47 Å². The molecule has 0 amide bonds. The summed E-state index contributed by atoms with van der Waals surface area (Å²) in [5.74, 6) is 0. The van der Waals surface area contributed by atoms with Gasteiger partial charge >= 0.3 is 0 Å². The van der Waals surface area contributed by atoms with Crippen LogP contribution in [0.3, 0.4) is 0 Å². The Balaban J connectivity index is 1.94. The van der Waals surface area contributed by atoms with Crippen LogP contribution in [-0.4, -0.2) is 24.3 Å². The second kappa shape index (κ2) is 7.43. The molecular formula is C11H19BrO2. The van der Waals surface area contributed by atoms with E-state index < -0.39 is 0 Å². The molecule has 0 aromatic carbocycles. The first-order valence-electron chi connectivity index (χ1n) is 5.33. The van der Waals surface area contributed by atoms with Crippen molar-refractivity contribution < 1.29 is 9.47 Å². The maximum atomic E-state index is 5.60. The van der Waals surface area contributed by atoms with Gasteiger partial charge in [0.15, 0.2) is 6.29 Å². The van der Waals surface area contributed by atoms with Crippen LogP contribution < -0.4 is 0 Å². The summed E-state index contributed by atoms with van der Waals surface area (Å²) in [6, 6.07) is 0. The Morgan fingerprint density at radius 2 is 2.43 bits per heavy atom. The molecular weight excluding hydrogens is 244 g/mol. The van der Waals surface area contributed by atoms with Crippen LogP contribution in [0.15, 0.2) is 12.7 Å². The molecule has 0 bridgehead atoms. The van der Waals surface area contributed by atoms with Crippen LogP contribution in [0.4, 0.5) is 0 Å². The topological polar surface area (TPSA) is 18.5 Å². The Kier molecular flexibility index (Phi) is 6.48. The lowest BCUT2D eigenvalue weighted by Gasteiger charge is -2.22. The fourth-order valence-corrected chi connectivity index (χ4v) is 1.78. The van der Waals surface area contributed by atoms with E-state index in [1.54, 1.807) is 0 Å². The predicted molar refractivity (Wildman–Crippen MR) is 61.7 cm³/mol. The quantitative estimate of drug-likeness (QED) is 0.416. The smallest absolute Gasteiger partial charge is 0.157 e. The van der Waals surface area contributed by atoms with Gasteiger partial charge in [0.1, 0.15) is 0 Å². The minimum Gasteiger partial charge on any atom is -0.353 e. The van der Waals surface area contributed by atoms with E-state index in [-0.39, 0.29) is 6.29 Å². The van der Waals surface area contributed by atoms with Crippen molar-refractivity contribution in [2.75, 3.05) is 13.2 Å². The summed E-state index contributed by atoms with van der Waals surface area (Å²) >= 11 is 3.50. The molecule has 0 N–H and O–H groups in total. The van der Waals surface area contributed by atoms with Gasteiger partial charge in [0.05, 0.1) is 0 Å². The first kappa shape index (κ1) is 12.2. The molecule has 14 heavy (non-hydrogen) atoms. The third kappa shape index (κ3) is 5.13. The predicted octanol–water partition coefficient (Wildman–Crippen LogP) is 3.26. The number of rotatable bonds is 6. The first-order chi connectivity index (χ1) is 6.83. The zero-order chi connectivity index (χ0) is 10.2. The molecule has 0 aromatic rings. The normalized spacial score (nSPS) is 24.5. The van der Waals surface area contributed by atoms with Crippen molar-refractivity contribution in [2.24, 2.45) is 0 Å². The van der Waals surface area contributed by atoms with Crippen molar-refractivity contribution in [1.29, 1.82) is 0 Å². The summed E-state index contributed by atoms with van der Waals surface area (Å²) in [5.41, 5.74) is 0. The lowest BCUT2D eigenvalue weighted by atomic mass is 10.2. The minimum atomic E-state index is 0.0567. The molecule has 2 nitrogen and oxygen atoms in total. The highest BCUT2D eigenvalue weighted by Gasteiger charge is 2.13. The second-order valence-electron chi connectivity index (χ2n) is 3.56. The van der Waals surface area contributed by atoms with Crippen molar-refractivity contribution in [3.63, 3.8) is 0 Å². The van der Waals surface area contributed by atoms with Crippen LogP contribution >= 0.6 is 15.9 Å². The van der Waals surface area contributed by atoms with Crippen molar-refractivity contribution in [3.8, 4) is 0 Å². The van der Waals surface area contributed by atoms with Gasteiger partial charge in [-0.05, 0) is 32.1 Å². The number of halogens is 1. The summed E-state index contributed by atoms with van der Waals surface area (Å²) in [5, 5.41) is 0. The third-order valence-electron chi connectivity index (χ3n) is 2.32. The van der Waals surface area contributed by atoms with Crippen LogP contribution in [0.2, 0.25) is 0 Å². The summed E-state index contributed by atoms with van der Waals surface area (Å²) in [6.07, 6.45) is 7.58. The molecule has 1 saturated heterocycles. The molecule has 1 rings (SSSR count). The number of alkyl halides is 1. The van der Waals surface area contributed by atoms with Gasteiger partial charge in [0, 0.05) is 18.0 Å². The summed E-state index contributed by atoms with van der Waals surface area (Å²) in [4.78, 5) is 0.415. The highest BCUT2D eigenvalue weighted by molar-refractivity contribution is 9.09. The Bertz CT molecular complexity index is 155. The molecule has 0 aliphatic carbocycles. The molecule has 1 fully saturated rings. The van der Waals surface area contributed by atoms with Crippen molar-refractivity contribution >= 4 is 15.9 Å². The average Bonchev–Trinajstić information content (AvgIpc) is 2.25. The fraction of sp³-hybridized carbons (Fsp3) is 0.818. The number of hydrogen-bond acceptors (Lipinski definition) is 2. The minimum absolute atomic E-state index is 0.0567. The van der Waals surface area contributed by atoms with E-state index in [0.717, 1.165) is 32.5 Å². The van der Waals surface area contributed by atoms with Crippen LogP contribution in [0.1, 0.15) is 32.1 Å². The first-order valence-corrected chi connectivity index (χ1v) is 6.24. The Labute approximate surface area is 94.8 Å². The van der Waals surface area contributed by atoms with E-state index in [2.05, 4.69) is 22.5 Å². The van der Waals surface area contributed by atoms with Crippen LogP contribution in [0.5, 0.6) is 0 Å². The second-order valence-corrected chi connectivity index (χ2v) is 4.74. The lowest BCUT2D eigenvalue weighted by molar-refractivity contribution is -0.162. The molecule has 0 aromatic heterocycles. The van der Waals surface area contributed by atoms with E-state index in [0.29, 0.717) is 4.83 Å². The van der Waals surface area contributed by atoms with E-state index in [9.17, 15) is 0 Å². The van der Waals surface area contributed by atoms with Crippen LogP contribution in [-0.2, 0) is 9.47 Å². The van der Waals surface area contributed by atoms with Gasteiger partial charge in [-0.3, -0.25) is 0 Å². The van der Waals surface area contributed by atoms with E-state index in [1.807, 2.05) is 6.08 Å². The van der Waals surface area contributed by atoms with Gasteiger partial charge in [-0.15, -0.1) is 6.58 Å². The van der Waals surface area contributed by atoms with E-state index in [4.69, 9.17) is 9.47 Å². The van der Waals surface area contributed by atoms with E-state index in [1.165, 1.54) is 12.8 Å².